The lowest BCUT2D eigenvalue weighted by Crippen LogP contribution is -2.41. The molecule has 0 unspecified atom stereocenters. The average Bonchev–Trinajstić information content (AvgIpc) is 2.69. The highest BCUT2D eigenvalue weighted by atomic mass is 79.9. The molecule has 0 aliphatic carbocycles. The Balaban J connectivity index is 4.49. The van der Waals surface area contributed by atoms with Crippen molar-refractivity contribution in [1.29, 1.82) is 0 Å². The zero-order chi connectivity index (χ0) is 20.4. The Hall–Kier alpha value is -0.840. The van der Waals surface area contributed by atoms with Gasteiger partial charge in [0.1, 0.15) is 0 Å². The molecular weight excluding hydrogens is 408 g/mol. The number of carbonyl (C=O) groups is 2. The van der Waals surface area contributed by atoms with E-state index in [4.69, 9.17) is 9.47 Å². The van der Waals surface area contributed by atoms with Crippen molar-refractivity contribution in [2.24, 2.45) is 5.41 Å². The van der Waals surface area contributed by atoms with Crippen LogP contribution in [-0.2, 0) is 19.1 Å². The minimum absolute atomic E-state index is 0.445. The molecule has 0 amide bonds. The van der Waals surface area contributed by atoms with Gasteiger partial charge in [-0.2, -0.15) is 0 Å². The molecule has 0 saturated carbocycles. The van der Waals surface area contributed by atoms with Crippen LogP contribution in [0.25, 0.3) is 0 Å². The normalized spacial score (nSPS) is 11.2. The molecule has 0 rings (SSSR count). The highest BCUT2D eigenvalue weighted by Gasteiger charge is 2.47. The molecule has 0 saturated heterocycles. The smallest absolute Gasteiger partial charge is 0.323 e. The molecule has 27 heavy (non-hydrogen) atoms. The van der Waals surface area contributed by atoms with E-state index in [1.54, 1.807) is 0 Å². The fraction of sp³-hybridized carbons (Fsp3) is 0.818. The number of ether oxygens (including phenoxy) is 2. The van der Waals surface area contributed by atoms with Crippen LogP contribution in [0.1, 0.15) is 89.9 Å². The van der Waals surface area contributed by atoms with Gasteiger partial charge < -0.3 is 9.47 Å². The Morgan fingerprint density at radius 3 is 1.59 bits per heavy atom. The van der Waals surface area contributed by atoms with Crippen molar-refractivity contribution in [3.8, 4) is 0 Å². The molecule has 0 N–H and O–H groups in total. The van der Waals surface area contributed by atoms with Gasteiger partial charge in [-0.3, -0.25) is 9.59 Å². The second kappa shape index (κ2) is 17.3. The lowest BCUT2D eigenvalue weighted by molar-refractivity contribution is -0.170. The lowest BCUT2D eigenvalue weighted by atomic mass is 9.77. The first-order valence-corrected chi connectivity index (χ1v) is 11.5. The van der Waals surface area contributed by atoms with E-state index in [-0.39, 0.29) is 0 Å². The Kier molecular flexibility index (Phi) is 16.7. The summed E-state index contributed by atoms with van der Waals surface area (Å²) in [5, 5.41) is 0.986. The summed E-state index contributed by atoms with van der Waals surface area (Å²) in [6.07, 6.45) is 16.0. The Bertz CT molecular complexity index is 393. The van der Waals surface area contributed by atoms with Gasteiger partial charge in [0.2, 0.25) is 0 Å². The molecule has 0 atom stereocenters. The van der Waals surface area contributed by atoms with Crippen molar-refractivity contribution in [3.63, 3.8) is 0 Å². The monoisotopic (exact) mass is 446 g/mol. The van der Waals surface area contributed by atoms with E-state index in [1.165, 1.54) is 39.9 Å². The predicted octanol–water partition coefficient (Wildman–Crippen LogP) is 6.36. The number of unbranched alkanes of at least 4 members (excludes halogenated alkanes) is 10. The van der Waals surface area contributed by atoms with Crippen LogP contribution >= 0.6 is 15.9 Å². The van der Waals surface area contributed by atoms with E-state index in [0.29, 0.717) is 12.8 Å². The van der Waals surface area contributed by atoms with Gasteiger partial charge in [-0.15, -0.1) is 6.58 Å². The van der Waals surface area contributed by atoms with Crippen molar-refractivity contribution in [2.45, 2.75) is 89.9 Å². The molecule has 0 aromatic rings. The second-order valence-electron chi connectivity index (χ2n) is 7.22. The highest BCUT2D eigenvalue weighted by molar-refractivity contribution is 9.09. The molecule has 0 heterocycles. The van der Waals surface area contributed by atoms with Gasteiger partial charge in [0.05, 0.1) is 14.2 Å². The third kappa shape index (κ3) is 10.9. The fourth-order valence-electron chi connectivity index (χ4n) is 3.48. The zero-order valence-corrected chi connectivity index (χ0v) is 19.0. The molecular formula is C22H39BrO4. The maximum Gasteiger partial charge on any atom is 0.323 e. The summed E-state index contributed by atoms with van der Waals surface area (Å²) in [7, 11) is 2.71. The summed E-state index contributed by atoms with van der Waals surface area (Å²) in [6.45, 7) is 3.74. The van der Waals surface area contributed by atoms with E-state index in [9.17, 15) is 9.59 Å². The molecule has 4 nitrogen and oxygen atoms in total. The molecule has 0 bridgehead atoms. The summed E-state index contributed by atoms with van der Waals surface area (Å²) in [5.74, 6) is -0.890. The van der Waals surface area contributed by atoms with Gasteiger partial charge in [0.15, 0.2) is 5.41 Å². The molecule has 0 radical (unpaired) electrons. The molecule has 0 aromatic heterocycles. The average molecular weight is 447 g/mol. The van der Waals surface area contributed by atoms with Gasteiger partial charge in [-0.05, 0) is 32.1 Å². The molecule has 0 aliphatic heterocycles. The van der Waals surface area contributed by atoms with Crippen LogP contribution in [0.15, 0.2) is 12.7 Å². The number of halogens is 1. The van der Waals surface area contributed by atoms with Crippen LogP contribution in [0.3, 0.4) is 0 Å². The van der Waals surface area contributed by atoms with Gasteiger partial charge >= 0.3 is 11.9 Å². The van der Waals surface area contributed by atoms with Crippen molar-refractivity contribution in [3.05, 3.63) is 12.7 Å². The predicted molar refractivity (Wildman–Crippen MR) is 115 cm³/mol. The first kappa shape index (κ1) is 26.2. The molecule has 5 heteroatoms. The zero-order valence-electron chi connectivity index (χ0n) is 17.4. The Labute approximate surface area is 174 Å². The Morgan fingerprint density at radius 1 is 0.778 bits per heavy atom. The van der Waals surface area contributed by atoms with Crippen LogP contribution in [-0.4, -0.2) is 31.5 Å². The van der Waals surface area contributed by atoms with E-state index in [2.05, 4.69) is 22.5 Å². The lowest BCUT2D eigenvalue weighted by Gasteiger charge is -2.28. The molecule has 158 valence electrons. The summed E-state index contributed by atoms with van der Waals surface area (Å²) < 4.78 is 9.99. The molecule has 0 fully saturated rings. The third-order valence-electron chi connectivity index (χ3n) is 5.15. The molecule has 0 spiro atoms. The summed E-state index contributed by atoms with van der Waals surface area (Å²) in [5.41, 5.74) is -1.14. The van der Waals surface area contributed by atoms with Gasteiger partial charge in [0.25, 0.3) is 0 Å². The second-order valence-corrected chi connectivity index (χ2v) is 8.01. The SMILES string of the molecule is C=CCCCCCCCCCC(CCCCCCBr)(C(=O)OC)C(=O)OC. The molecule has 0 aromatic carbocycles. The third-order valence-corrected chi connectivity index (χ3v) is 5.71. The maximum atomic E-state index is 12.5. The largest absolute Gasteiger partial charge is 0.468 e. The van der Waals surface area contributed by atoms with Crippen molar-refractivity contribution < 1.29 is 19.1 Å². The van der Waals surface area contributed by atoms with E-state index in [1.807, 2.05) is 6.08 Å². The summed E-state index contributed by atoms with van der Waals surface area (Å²) >= 11 is 3.43. The number of hydrogen-bond acceptors (Lipinski definition) is 4. The first-order valence-electron chi connectivity index (χ1n) is 10.4. The minimum atomic E-state index is -1.14. The number of rotatable bonds is 18. The minimum Gasteiger partial charge on any atom is -0.468 e. The van der Waals surface area contributed by atoms with Gasteiger partial charge in [-0.25, -0.2) is 0 Å². The quantitative estimate of drug-likeness (QED) is 0.0807. The van der Waals surface area contributed by atoms with Crippen LogP contribution in [0.4, 0.5) is 0 Å². The summed E-state index contributed by atoms with van der Waals surface area (Å²) in [6, 6.07) is 0. The van der Waals surface area contributed by atoms with E-state index in [0.717, 1.165) is 56.7 Å². The van der Waals surface area contributed by atoms with Crippen molar-refractivity contribution in [1.82, 2.24) is 0 Å². The number of hydrogen-bond donors (Lipinski definition) is 0. The Morgan fingerprint density at radius 2 is 1.19 bits per heavy atom. The standard InChI is InChI=1S/C22H39BrO4/c1-4-5-6-7-8-9-10-11-14-17-22(20(24)26-2,21(25)27-3)18-15-12-13-16-19-23/h4H,1,5-19H2,2-3H3. The van der Waals surface area contributed by atoms with E-state index < -0.39 is 17.4 Å². The highest BCUT2D eigenvalue weighted by Crippen LogP contribution is 2.35. The number of esters is 2. The van der Waals surface area contributed by atoms with Crippen molar-refractivity contribution >= 4 is 27.9 Å². The van der Waals surface area contributed by atoms with Crippen molar-refractivity contribution in [2.75, 3.05) is 19.5 Å². The van der Waals surface area contributed by atoms with Crippen LogP contribution < -0.4 is 0 Å². The van der Waals surface area contributed by atoms with Crippen LogP contribution in [0.2, 0.25) is 0 Å². The summed E-state index contributed by atoms with van der Waals surface area (Å²) in [4.78, 5) is 25.0. The maximum absolute atomic E-state index is 12.5. The number of alkyl halides is 1. The topological polar surface area (TPSA) is 52.6 Å². The number of allylic oxidation sites excluding steroid dienone is 1. The van der Waals surface area contributed by atoms with Crippen LogP contribution in [0.5, 0.6) is 0 Å². The number of methoxy groups -OCH3 is 2. The molecule has 0 aliphatic rings. The van der Waals surface area contributed by atoms with Gasteiger partial charge in [-0.1, -0.05) is 79.8 Å². The fourth-order valence-corrected chi connectivity index (χ4v) is 3.88. The van der Waals surface area contributed by atoms with Crippen LogP contribution in [0, 0.1) is 5.41 Å². The number of carbonyl (C=O) groups excluding carboxylic acids is 2. The van der Waals surface area contributed by atoms with Gasteiger partial charge in [0, 0.05) is 5.33 Å². The first-order chi connectivity index (χ1) is 13.1. The van der Waals surface area contributed by atoms with E-state index >= 15 is 0 Å².